The number of rotatable bonds is 3. The van der Waals surface area contributed by atoms with E-state index >= 15 is 0 Å². The van der Waals surface area contributed by atoms with Crippen LogP contribution in [-0.4, -0.2) is 10.9 Å². The molecule has 1 aliphatic rings. The highest BCUT2D eigenvalue weighted by Gasteiger charge is 2.26. The quantitative estimate of drug-likeness (QED) is 0.915. The van der Waals surface area contributed by atoms with Gasteiger partial charge in [0.05, 0.1) is 5.92 Å². The largest absolute Gasteiger partial charge is 0.351 e. The molecule has 0 radical (unpaired) electrons. The molecule has 2 N–H and O–H groups in total. The highest BCUT2D eigenvalue weighted by molar-refractivity contribution is 5.84. The number of carbonyl (C=O) groups excluding carboxylic acids is 1. The maximum absolute atomic E-state index is 12.6. The molecule has 0 spiro atoms. The second-order valence-electron chi connectivity index (χ2n) is 6.30. The second kappa shape index (κ2) is 6.41. The number of nitrogens with one attached hydrogen (secondary N) is 2. The maximum Gasteiger partial charge on any atom is 0.253 e. The fourth-order valence-electron chi connectivity index (χ4n) is 3.43. The van der Waals surface area contributed by atoms with Crippen molar-refractivity contribution in [1.29, 1.82) is 0 Å². The van der Waals surface area contributed by atoms with Crippen LogP contribution in [0.1, 0.15) is 46.7 Å². The number of fused-ring (bicyclic) bond motifs is 1. The zero-order chi connectivity index (χ0) is 16.4. The molecule has 1 aliphatic carbocycles. The van der Waals surface area contributed by atoms with E-state index in [0.717, 1.165) is 36.1 Å². The fourth-order valence-corrected chi connectivity index (χ4v) is 3.43. The van der Waals surface area contributed by atoms with Gasteiger partial charge in [0.15, 0.2) is 0 Å². The number of pyridine rings is 1. The van der Waals surface area contributed by atoms with Crippen LogP contribution in [0.4, 0.5) is 0 Å². The summed E-state index contributed by atoms with van der Waals surface area (Å²) in [5.41, 5.74) is 4.66. The van der Waals surface area contributed by atoms with E-state index in [4.69, 9.17) is 0 Å². The van der Waals surface area contributed by atoms with Crippen LogP contribution in [0.25, 0.3) is 0 Å². The lowest BCUT2D eigenvalue weighted by Crippen LogP contribution is -2.33. The minimum absolute atomic E-state index is 0.0107. The third-order valence-corrected chi connectivity index (χ3v) is 4.62. The van der Waals surface area contributed by atoms with E-state index in [0.29, 0.717) is 5.56 Å². The van der Waals surface area contributed by atoms with Crippen molar-refractivity contribution in [2.24, 2.45) is 0 Å². The molecule has 3 rings (SSSR count). The standard InChI is InChI=1S/C19H22N2O2/c1-12-10-13(2)21-19(23)17(12)11-20-18(22)16-9-5-7-14-6-3-4-8-15(14)16/h3-4,6,8,10,16H,5,7,9,11H2,1-2H3,(H,20,22)(H,21,23)/t16-/m0/s1. The molecule has 0 bridgehead atoms. The Kier molecular flexibility index (Phi) is 4.33. The molecule has 0 saturated carbocycles. The highest BCUT2D eigenvalue weighted by atomic mass is 16.2. The van der Waals surface area contributed by atoms with E-state index in [1.807, 2.05) is 38.1 Å². The van der Waals surface area contributed by atoms with Crippen LogP contribution in [-0.2, 0) is 17.8 Å². The first-order chi connectivity index (χ1) is 11.1. The van der Waals surface area contributed by atoms with Gasteiger partial charge in [0.1, 0.15) is 0 Å². The molecule has 2 aromatic rings. The van der Waals surface area contributed by atoms with Crippen LogP contribution in [0.2, 0.25) is 0 Å². The molecular weight excluding hydrogens is 288 g/mol. The summed E-state index contributed by atoms with van der Waals surface area (Å²) in [7, 11) is 0. The van der Waals surface area contributed by atoms with Crippen molar-refractivity contribution in [3.8, 4) is 0 Å². The molecule has 1 amide bonds. The lowest BCUT2D eigenvalue weighted by Gasteiger charge is -2.24. The van der Waals surface area contributed by atoms with Gasteiger partial charge in [-0.05, 0) is 55.9 Å². The first-order valence-corrected chi connectivity index (χ1v) is 8.11. The summed E-state index contributed by atoms with van der Waals surface area (Å²) in [5, 5.41) is 2.95. The van der Waals surface area contributed by atoms with E-state index in [9.17, 15) is 9.59 Å². The molecule has 23 heavy (non-hydrogen) atoms. The van der Waals surface area contributed by atoms with Gasteiger partial charge in [-0.3, -0.25) is 9.59 Å². The summed E-state index contributed by atoms with van der Waals surface area (Å²) in [6.07, 6.45) is 2.93. The van der Waals surface area contributed by atoms with Crippen molar-refractivity contribution < 1.29 is 4.79 Å². The summed E-state index contributed by atoms with van der Waals surface area (Å²) < 4.78 is 0. The zero-order valence-electron chi connectivity index (χ0n) is 13.6. The third kappa shape index (κ3) is 3.21. The Balaban J connectivity index is 1.75. The molecule has 0 fully saturated rings. The number of amides is 1. The molecule has 0 aliphatic heterocycles. The Morgan fingerprint density at radius 2 is 2.09 bits per heavy atom. The molecule has 1 aromatic carbocycles. The Hall–Kier alpha value is -2.36. The van der Waals surface area contributed by atoms with Crippen molar-refractivity contribution in [2.45, 2.75) is 45.6 Å². The van der Waals surface area contributed by atoms with Gasteiger partial charge in [-0.2, -0.15) is 0 Å². The summed E-state index contributed by atoms with van der Waals surface area (Å²) >= 11 is 0. The molecule has 1 aromatic heterocycles. The van der Waals surface area contributed by atoms with Crippen molar-refractivity contribution in [2.75, 3.05) is 0 Å². The van der Waals surface area contributed by atoms with Crippen LogP contribution >= 0.6 is 0 Å². The number of carbonyl (C=O) groups is 1. The number of aromatic amines is 1. The molecule has 0 saturated heterocycles. The monoisotopic (exact) mass is 310 g/mol. The highest BCUT2D eigenvalue weighted by Crippen LogP contribution is 2.31. The van der Waals surface area contributed by atoms with Crippen molar-refractivity contribution >= 4 is 5.91 Å². The average molecular weight is 310 g/mol. The van der Waals surface area contributed by atoms with Gasteiger partial charge < -0.3 is 10.3 Å². The summed E-state index contributed by atoms with van der Waals surface area (Å²) in [4.78, 5) is 27.4. The fraction of sp³-hybridized carbons (Fsp3) is 0.368. The van der Waals surface area contributed by atoms with E-state index in [1.165, 1.54) is 5.56 Å². The average Bonchev–Trinajstić information content (AvgIpc) is 2.53. The van der Waals surface area contributed by atoms with Crippen LogP contribution in [0.5, 0.6) is 0 Å². The van der Waals surface area contributed by atoms with Crippen LogP contribution in [0.15, 0.2) is 35.1 Å². The first-order valence-electron chi connectivity index (χ1n) is 8.11. The topological polar surface area (TPSA) is 62.0 Å². The van der Waals surface area contributed by atoms with Gasteiger partial charge in [-0.15, -0.1) is 0 Å². The van der Waals surface area contributed by atoms with Crippen LogP contribution < -0.4 is 10.9 Å². The minimum Gasteiger partial charge on any atom is -0.351 e. The van der Waals surface area contributed by atoms with Crippen LogP contribution in [0, 0.1) is 13.8 Å². The molecule has 4 heteroatoms. The molecule has 1 heterocycles. The van der Waals surface area contributed by atoms with Crippen molar-refractivity contribution in [3.05, 3.63) is 68.6 Å². The van der Waals surface area contributed by atoms with Crippen molar-refractivity contribution in [1.82, 2.24) is 10.3 Å². The lowest BCUT2D eigenvalue weighted by molar-refractivity contribution is -0.123. The Bertz CT molecular complexity index is 792. The van der Waals surface area contributed by atoms with Gasteiger partial charge in [0.25, 0.3) is 5.56 Å². The molecule has 120 valence electrons. The zero-order valence-corrected chi connectivity index (χ0v) is 13.6. The van der Waals surface area contributed by atoms with Gasteiger partial charge >= 0.3 is 0 Å². The van der Waals surface area contributed by atoms with E-state index in [1.54, 1.807) is 0 Å². The summed E-state index contributed by atoms with van der Waals surface area (Å²) in [6.45, 7) is 4.04. The Labute approximate surface area is 135 Å². The Morgan fingerprint density at radius 3 is 2.87 bits per heavy atom. The molecule has 0 unspecified atom stereocenters. The SMILES string of the molecule is Cc1cc(C)c(CNC(=O)[C@H]2CCCc3ccccc32)c(=O)[nH]1. The predicted molar refractivity (Wildman–Crippen MR) is 90.5 cm³/mol. The summed E-state index contributed by atoms with van der Waals surface area (Å²) in [5.74, 6) is -0.0960. The number of H-pyrrole nitrogens is 1. The van der Waals surface area contributed by atoms with Crippen molar-refractivity contribution in [3.63, 3.8) is 0 Å². The Morgan fingerprint density at radius 1 is 1.30 bits per heavy atom. The van der Waals surface area contributed by atoms with Crippen LogP contribution in [0.3, 0.4) is 0 Å². The van der Waals surface area contributed by atoms with Gasteiger partial charge in [0.2, 0.25) is 5.91 Å². The van der Waals surface area contributed by atoms with Gasteiger partial charge in [-0.25, -0.2) is 0 Å². The first kappa shape index (κ1) is 15.5. The number of hydrogen-bond donors (Lipinski definition) is 2. The van der Waals surface area contributed by atoms with E-state index < -0.39 is 0 Å². The molecule has 4 nitrogen and oxygen atoms in total. The molecular formula is C19H22N2O2. The molecule has 1 atom stereocenters. The number of aromatic nitrogens is 1. The minimum atomic E-state index is -0.119. The second-order valence-corrected chi connectivity index (χ2v) is 6.30. The smallest absolute Gasteiger partial charge is 0.253 e. The third-order valence-electron chi connectivity index (χ3n) is 4.62. The summed E-state index contributed by atoms with van der Waals surface area (Å²) in [6, 6.07) is 10.1. The predicted octanol–water partition coefficient (Wildman–Crippen LogP) is 2.73. The normalized spacial score (nSPS) is 16.7. The van der Waals surface area contributed by atoms with E-state index in [2.05, 4.69) is 16.4 Å². The van der Waals surface area contributed by atoms with E-state index in [-0.39, 0.29) is 23.9 Å². The van der Waals surface area contributed by atoms with Gasteiger partial charge in [0, 0.05) is 17.8 Å². The number of hydrogen-bond acceptors (Lipinski definition) is 2. The lowest BCUT2D eigenvalue weighted by atomic mass is 9.82. The number of aryl methyl sites for hydroxylation is 3. The maximum atomic E-state index is 12.6. The number of benzene rings is 1. The van der Waals surface area contributed by atoms with Gasteiger partial charge in [-0.1, -0.05) is 24.3 Å².